The maximum atomic E-state index is 13.6. The summed E-state index contributed by atoms with van der Waals surface area (Å²) in [6, 6.07) is 13.0. The number of aryl methyl sites for hydroxylation is 2. The van der Waals surface area contributed by atoms with E-state index in [1.807, 2.05) is 49.1 Å². The topological polar surface area (TPSA) is 59.1 Å². The Kier molecular flexibility index (Phi) is 8.07. The SMILES string of the molecule is COCCN(CCOC)C1=C(c2ccc(C)c(C)c2)C(=O)N(Cc2ccc(Cl)cc2)C1=O. The Hall–Kier alpha value is -2.67. The summed E-state index contributed by atoms with van der Waals surface area (Å²) in [5.74, 6) is -0.617. The van der Waals surface area contributed by atoms with E-state index < -0.39 is 0 Å². The van der Waals surface area contributed by atoms with Gasteiger partial charge in [0.25, 0.3) is 11.8 Å². The molecule has 32 heavy (non-hydrogen) atoms. The normalized spacial score (nSPS) is 14.0. The molecule has 0 bridgehead atoms. The van der Waals surface area contributed by atoms with Gasteiger partial charge in [-0.25, -0.2) is 0 Å². The summed E-state index contributed by atoms with van der Waals surface area (Å²) in [6.07, 6.45) is 0. The number of hydrogen-bond acceptors (Lipinski definition) is 5. The van der Waals surface area contributed by atoms with E-state index in [0.717, 1.165) is 22.3 Å². The van der Waals surface area contributed by atoms with Gasteiger partial charge in [0.2, 0.25) is 0 Å². The summed E-state index contributed by atoms with van der Waals surface area (Å²) in [5, 5.41) is 0.604. The van der Waals surface area contributed by atoms with Gasteiger partial charge in [0.05, 0.1) is 25.3 Å². The molecule has 0 N–H and O–H groups in total. The minimum absolute atomic E-state index is 0.176. The van der Waals surface area contributed by atoms with Gasteiger partial charge in [-0.15, -0.1) is 0 Å². The van der Waals surface area contributed by atoms with E-state index in [4.69, 9.17) is 21.1 Å². The van der Waals surface area contributed by atoms with Crippen LogP contribution >= 0.6 is 11.6 Å². The van der Waals surface area contributed by atoms with Gasteiger partial charge < -0.3 is 14.4 Å². The van der Waals surface area contributed by atoms with Gasteiger partial charge in [0.1, 0.15) is 5.70 Å². The summed E-state index contributed by atoms with van der Waals surface area (Å²) in [4.78, 5) is 30.4. The van der Waals surface area contributed by atoms with Crippen molar-refractivity contribution in [3.63, 3.8) is 0 Å². The van der Waals surface area contributed by atoms with Crippen LogP contribution in [0.1, 0.15) is 22.3 Å². The first-order valence-corrected chi connectivity index (χ1v) is 10.9. The lowest BCUT2D eigenvalue weighted by Gasteiger charge is -2.25. The Morgan fingerprint density at radius 2 is 1.50 bits per heavy atom. The minimum Gasteiger partial charge on any atom is -0.383 e. The molecular weight excluding hydrogens is 428 g/mol. The van der Waals surface area contributed by atoms with E-state index in [1.54, 1.807) is 26.4 Å². The van der Waals surface area contributed by atoms with Gasteiger partial charge in [-0.3, -0.25) is 14.5 Å². The minimum atomic E-state index is -0.314. The highest BCUT2D eigenvalue weighted by Gasteiger charge is 2.41. The van der Waals surface area contributed by atoms with E-state index in [-0.39, 0.29) is 18.4 Å². The number of halogens is 1. The van der Waals surface area contributed by atoms with Gasteiger partial charge in [0.15, 0.2) is 0 Å². The molecule has 0 atom stereocenters. The van der Waals surface area contributed by atoms with Crippen LogP contribution in [0.5, 0.6) is 0 Å². The second-order valence-corrected chi connectivity index (χ2v) is 8.25. The van der Waals surface area contributed by atoms with E-state index in [0.29, 0.717) is 42.6 Å². The zero-order valence-corrected chi connectivity index (χ0v) is 19.7. The standard InChI is InChI=1S/C25H29ClN2O4/c1-17-5-8-20(15-18(17)2)22-23(27(11-13-31-3)12-14-32-4)25(30)28(24(22)29)16-19-6-9-21(26)10-7-19/h5-10,15H,11-14,16H2,1-4H3. The second kappa shape index (κ2) is 10.8. The van der Waals surface area contributed by atoms with E-state index >= 15 is 0 Å². The molecule has 0 unspecified atom stereocenters. The quantitative estimate of drug-likeness (QED) is 0.508. The van der Waals surface area contributed by atoms with Crippen molar-refractivity contribution in [2.24, 2.45) is 0 Å². The second-order valence-electron chi connectivity index (χ2n) is 7.82. The molecule has 0 spiro atoms. The van der Waals surface area contributed by atoms with Crippen molar-refractivity contribution < 1.29 is 19.1 Å². The first-order chi connectivity index (χ1) is 15.4. The average molecular weight is 457 g/mol. The predicted octanol–water partition coefficient (Wildman–Crippen LogP) is 3.83. The van der Waals surface area contributed by atoms with Crippen LogP contribution in [0.4, 0.5) is 0 Å². The molecule has 0 saturated heterocycles. The maximum absolute atomic E-state index is 13.6. The predicted molar refractivity (Wildman–Crippen MR) is 125 cm³/mol. The van der Waals surface area contributed by atoms with Crippen molar-refractivity contribution in [3.8, 4) is 0 Å². The Bertz CT molecular complexity index is 1010. The molecule has 0 aliphatic carbocycles. The van der Waals surface area contributed by atoms with Gasteiger partial charge in [-0.2, -0.15) is 0 Å². The van der Waals surface area contributed by atoms with Crippen molar-refractivity contribution in [1.82, 2.24) is 9.80 Å². The highest BCUT2D eigenvalue weighted by molar-refractivity contribution is 6.35. The number of hydrogen-bond donors (Lipinski definition) is 0. The molecule has 3 rings (SSSR count). The lowest BCUT2D eigenvalue weighted by Crippen LogP contribution is -2.37. The van der Waals surface area contributed by atoms with Crippen LogP contribution in [0, 0.1) is 13.8 Å². The number of methoxy groups -OCH3 is 2. The van der Waals surface area contributed by atoms with Gasteiger partial charge in [-0.1, -0.05) is 41.9 Å². The van der Waals surface area contributed by atoms with Crippen molar-refractivity contribution in [2.45, 2.75) is 20.4 Å². The number of benzene rings is 2. The molecule has 2 aromatic rings. The van der Waals surface area contributed by atoms with Gasteiger partial charge >= 0.3 is 0 Å². The van der Waals surface area contributed by atoms with Crippen LogP contribution in [0.3, 0.4) is 0 Å². The number of amides is 2. The molecule has 0 fully saturated rings. The molecule has 1 aliphatic rings. The number of nitrogens with zero attached hydrogens (tertiary/aromatic N) is 2. The van der Waals surface area contributed by atoms with E-state index in [2.05, 4.69) is 0 Å². The third-order valence-corrected chi connectivity index (χ3v) is 5.89. The molecule has 170 valence electrons. The molecule has 0 radical (unpaired) electrons. The number of carbonyl (C=O) groups excluding carboxylic acids is 2. The molecule has 7 heteroatoms. The largest absolute Gasteiger partial charge is 0.383 e. The Labute approximate surface area is 194 Å². The molecule has 1 heterocycles. The summed E-state index contributed by atoms with van der Waals surface area (Å²) in [5.41, 5.74) is 4.56. The fraction of sp³-hybridized carbons (Fsp3) is 0.360. The molecule has 6 nitrogen and oxygen atoms in total. The number of rotatable bonds is 10. The van der Waals surface area contributed by atoms with Crippen LogP contribution in [0.2, 0.25) is 5.02 Å². The molecule has 0 saturated carbocycles. The fourth-order valence-electron chi connectivity index (χ4n) is 3.67. The Morgan fingerprint density at radius 3 is 2.06 bits per heavy atom. The van der Waals surface area contributed by atoms with Crippen LogP contribution < -0.4 is 0 Å². The summed E-state index contributed by atoms with van der Waals surface area (Å²) < 4.78 is 10.5. The van der Waals surface area contributed by atoms with E-state index in [9.17, 15) is 9.59 Å². The first kappa shape index (κ1) is 24.0. The molecule has 2 amide bonds. The number of carbonyl (C=O) groups is 2. The maximum Gasteiger partial charge on any atom is 0.278 e. The zero-order chi connectivity index (χ0) is 23.3. The van der Waals surface area contributed by atoms with Crippen LogP contribution in [0.25, 0.3) is 5.57 Å². The molecule has 0 aromatic heterocycles. The number of imide groups is 1. The average Bonchev–Trinajstić information content (AvgIpc) is 3.02. The smallest absolute Gasteiger partial charge is 0.278 e. The summed E-state index contributed by atoms with van der Waals surface area (Å²) in [6.45, 7) is 5.98. The van der Waals surface area contributed by atoms with Crippen molar-refractivity contribution in [2.75, 3.05) is 40.5 Å². The summed E-state index contributed by atoms with van der Waals surface area (Å²) >= 11 is 5.99. The fourth-order valence-corrected chi connectivity index (χ4v) is 3.79. The summed E-state index contributed by atoms with van der Waals surface area (Å²) in [7, 11) is 3.23. The number of ether oxygens (including phenoxy) is 2. The lowest BCUT2D eigenvalue weighted by atomic mass is 9.99. The third-order valence-electron chi connectivity index (χ3n) is 5.64. The van der Waals surface area contributed by atoms with Crippen molar-refractivity contribution in [1.29, 1.82) is 0 Å². The van der Waals surface area contributed by atoms with Crippen molar-refractivity contribution in [3.05, 3.63) is 75.4 Å². The Balaban J connectivity index is 2.06. The van der Waals surface area contributed by atoms with Gasteiger partial charge in [0, 0.05) is 32.3 Å². The van der Waals surface area contributed by atoms with Crippen LogP contribution in [0.15, 0.2) is 48.2 Å². The molecule has 1 aliphatic heterocycles. The van der Waals surface area contributed by atoms with Crippen LogP contribution in [-0.4, -0.2) is 62.1 Å². The van der Waals surface area contributed by atoms with Crippen molar-refractivity contribution >= 4 is 29.0 Å². The third kappa shape index (κ3) is 5.21. The zero-order valence-electron chi connectivity index (χ0n) is 19.0. The monoisotopic (exact) mass is 456 g/mol. The molecular formula is C25H29ClN2O4. The highest BCUT2D eigenvalue weighted by Crippen LogP contribution is 2.33. The molecule has 2 aromatic carbocycles. The van der Waals surface area contributed by atoms with Crippen LogP contribution in [-0.2, 0) is 25.6 Å². The lowest BCUT2D eigenvalue weighted by molar-refractivity contribution is -0.138. The van der Waals surface area contributed by atoms with Gasteiger partial charge in [-0.05, 0) is 48.2 Å². The first-order valence-electron chi connectivity index (χ1n) is 10.5. The van der Waals surface area contributed by atoms with E-state index in [1.165, 1.54) is 4.90 Å². The Morgan fingerprint density at radius 1 is 0.875 bits per heavy atom. The highest BCUT2D eigenvalue weighted by atomic mass is 35.5.